The molecular weight excluding hydrogens is 282 g/mol. The van der Waals surface area contributed by atoms with Crippen LogP contribution in [0.2, 0.25) is 4.47 Å². The standard InChI is InChI=1S/C9H6ClN3O2S2/c10-9-13-12-6(17-9)4-16-7-5(8(14)15)2-1-3-11-7/h1-3H,4H2,(H,14,15). The first-order valence-electron chi connectivity index (χ1n) is 4.46. The van der Waals surface area contributed by atoms with E-state index in [4.69, 9.17) is 16.7 Å². The van der Waals surface area contributed by atoms with E-state index in [1.807, 2.05) is 0 Å². The molecule has 2 aromatic rings. The summed E-state index contributed by atoms with van der Waals surface area (Å²) in [5.41, 5.74) is 0.188. The normalized spacial score (nSPS) is 10.4. The molecule has 0 amide bonds. The molecule has 0 aliphatic rings. The summed E-state index contributed by atoms with van der Waals surface area (Å²) in [6, 6.07) is 3.11. The van der Waals surface area contributed by atoms with Gasteiger partial charge in [0.15, 0.2) is 0 Å². The largest absolute Gasteiger partial charge is 0.478 e. The highest BCUT2D eigenvalue weighted by atomic mass is 35.5. The smallest absolute Gasteiger partial charge is 0.338 e. The average molecular weight is 288 g/mol. The zero-order chi connectivity index (χ0) is 12.3. The quantitative estimate of drug-likeness (QED) is 0.871. The Morgan fingerprint density at radius 1 is 1.53 bits per heavy atom. The van der Waals surface area contributed by atoms with Crippen molar-refractivity contribution in [1.82, 2.24) is 15.2 Å². The molecule has 2 aromatic heterocycles. The van der Waals surface area contributed by atoms with Gasteiger partial charge in [0.1, 0.15) is 10.0 Å². The summed E-state index contributed by atoms with van der Waals surface area (Å²) in [6.45, 7) is 0. The Labute approximate surface area is 110 Å². The second-order valence-electron chi connectivity index (χ2n) is 2.90. The monoisotopic (exact) mass is 287 g/mol. The number of rotatable bonds is 4. The van der Waals surface area contributed by atoms with Crippen molar-refractivity contribution in [3.63, 3.8) is 0 Å². The van der Waals surface area contributed by atoms with Crippen LogP contribution in [0.1, 0.15) is 15.4 Å². The number of halogens is 1. The van der Waals surface area contributed by atoms with Crippen LogP contribution >= 0.6 is 34.7 Å². The molecule has 0 spiro atoms. The van der Waals surface area contributed by atoms with E-state index in [2.05, 4.69) is 15.2 Å². The van der Waals surface area contributed by atoms with Gasteiger partial charge in [0.2, 0.25) is 4.47 Å². The van der Waals surface area contributed by atoms with Crippen molar-refractivity contribution in [3.8, 4) is 0 Å². The van der Waals surface area contributed by atoms with E-state index in [0.717, 1.165) is 5.01 Å². The Balaban J connectivity index is 2.11. The number of thioether (sulfide) groups is 1. The first kappa shape index (κ1) is 12.3. The molecule has 1 N–H and O–H groups in total. The molecule has 0 fully saturated rings. The van der Waals surface area contributed by atoms with Gasteiger partial charge in [-0.05, 0) is 23.7 Å². The predicted octanol–water partition coefficient (Wildman–Crippen LogP) is 2.58. The van der Waals surface area contributed by atoms with Crippen LogP contribution in [0, 0.1) is 0 Å². The second-order valence-corrected chi connectivity index (χ2v) is 5.51. The third kappa shape index (κ3) is 3.15. The SMILES string of the molecule is O=C(O)c1cccnc1SCc1nnc(Cl)s1. The van der Waals surface area contributed by atoms with Gasteiger partial charge in [0.25, 0.3) is 0 Å². The van der Waals surface area contributed by atoms with E-state index in [-0.39, 0.29) is 5.56 Å². The van der Waals surface area contributed by atoms with Crippen LogP contribution < -0.4 is 0 Å². The number of hydrogen-bond donors (Lipinski definition) is 1. The van der Waals surface area contributed by atoms with Crippen molar-refractivity contribution < 1.29 is 9.90 Å². The summed E-state index contributed by atoms with van der Waals surface area (Å²) in [5, 5.41) is 17.7. The summed E-state index contributed by atoms with van der Waals surface area (Å²) >= 11 is 8.22. The molecule has 0 aliphatic carbocycles. The van der Waals surface area contributed by atoms with Crippen molar-refractivity contribution in [1.29, 1.82) is 0 Å². The molecule has 0 bridgehead atoms. The minimum absolute atomic E-state index is 0.188. The van der Waals surface area contributed by atoms with Gasteiger partial charge < -0.3 is 5.11 Å². The number of aromatic nitrogens is 3. The predicted molar refractivity (Wildman–Crippen MR) is 65.7 cm³/mol. The van der Waals surface area contributed by atoms with E-state index in [9.17, 15) is 4.79 Å². The Hall–Kier alpha value is -1.18. The third-order valence-electron chi connectivity index (χ3n) is 1.78. The molecular formula is C9H6ClN3O2S2. The maximum absolute atomic E-state index is 10.9. The second kappa shape index (κ2) is 5.44. The van der Waals surface area contributed by atoms with Gasteiger partial charge >= 0.3 is 5.97 Å². The molecule has 0 aromatic carbocycles. The topological polar surface area (TPSA) is 76.0 Å². The Morgan fingerprint density at radius 2 is 2.35 bits per heavy atom. The summed E-state index contributed by atoms with van der Waals surface area (Å²) in [4.78, 5) is 15.0. The van der Waals surface area contributed by atoms with Crippen LogP contribution in [0.5, 0.6) is 0 Å². The Kier molecular flexibility index (Phi) is 3.93. The van der Waals surface area contributed by atoms with Crippen molar-refractivity contribution >= 4 is 40.7 Å². The van der Waals surface area contributed by atoms with Crippen LogP contribution in [0.15, 0.2) is 23.4 Å². The molecule has 5 nitrogen and oxygen atoms in total. The Bertz CT molecular complexity index is 547. The fraction of sp³-hybridized carbons (Fsp3) is 0.111. The number of carboxylic acid groups (broad SMARTS) is 1. The highest BCUT2D eigenvalue weighted by Gasteiger charge is 2.12. The van der Waals surface area contributed by atoms with Gasteiger partial charge in [-0.1, -0.05) is 23.1 Å². The van der Waals surface area contributed by atoms with Gasteiger partial charge in [-0.15, -0.1) is 10.2 Å². The zero-order valence-electron chi connectivity index (χ0n) is 8.33. The van der Waals surface area contributed by atoms with Crippen LogP contribution in [0.25, 0.3) is 0 Å². The van der Waals surface area contributed by atoms with E-state index in [0.29, 0.717) is 15.2 Å². The number of carboxylic acids is 1. The fourth-order valence-electron chi connectivity index (χ4n) is 1.09. The molecule has 0 atom stereocenters. The average Bonchev–Trinajstić information content (AvgIpc) is 2.73. The maximum atomic E-state index is 10.9. The minimum Gasteiger partial charge on any atom is -0.478 e. The van der Waals surface area contributed by atoms with Crippen LogP contribution in [0.3, 0.4) is 0 Å². The fourth-order valence-corrected chi connectivity index (χ4v) is 2.93. The zero-order valence-corrected chi connectivity index (χ0v) is 10.7. The molecule has 17 heavy (non-hydrogen) atoms. The molecule has 0 unspecified atom stereocenters. The van der Waals surface area contributed by atoms with E-state index in [1.54, 1.807) is 12.3 Å². The van der Waals surface area contributed by atoms with E-state index in [1.165, 1.54) is 29.2 Å². The van der Waals surface area contributed by atoms with Gasteiger partial charge in [-0.2, -0.15) is 0 Å². The molecule has 0 saturated carbocycles. The van der Waals surface area contributed by atoms with Crippen molar-refractivity contribution in [2.24, 2.45) is 0 Å². The number of carbonyl (C=O) groups is 1. The molecule has 0 saturated heterocycles. The summed E-state index contributed by atoms with van der Waals surface area (Å²) < 4.78 is 0.375. The van der Waals surface area contributed by atoms with E-state index >= 15 is 0 Å². The number of pyridine rings is 1. The highest BCUT2D eigenvalue weighted by molar-refractivity contribution is 7.98. The van der Waals surface area contributed by atoms with Crippen LogP contribution in [-0.2, 0) is 5.75 Å². The minimum atomic E-state index is -0.990. The Morgan fingerprint density at radius 3 is 3.00 bits per heavy atom. The molecule has 88 valence electrons. The van der Waals surface area contributed by atoms with Gasteiger partial charge in [-0.25, -0.2) is 9.78 Å². The highest BCUT2D eigenvalue weighted by Crippen LogP contribution is 2.26. The number of nitrogens with zero attached hydrogens (tertiary/aromatic N) is 3. The third-order valence-corrected chi connectivity index (χ3v) is 3.99. The maximum Gasteiger partial charge on any atom is 0.338 e. The lowest BCUT2D eigenvalue weighted by molar-refractivity contribution is 0.0692. The molecule has 2 rings (SSSR count). The summed E-state index contributed by atoms with van der Waals surface area (Å²) in [6.07, 6.45) is 1.56. The van der Waals surface area contributed by atoms with Gasteiger partial charge in [0.05, 0.1) is 11.3 Å². The lowest BCUT2D eigenvalue weighted by Crippen LogP contribution is -2.00. The first-order chi connectivity index (χ1) is 8.16. The lowest BCUT2D eigenvalue weighted by atomic mass is 10.3. The summed E-state index contributed by atoms with van der Waals surface area (Å²) in [7, 11) is 0. The van der Waals surface area contributed by atoms with Crippen molar-refractivity contribution in [2.75, 3.05) is 0 Å². The lowest BCUT2D eigenvalue weighted by Gasteiger charge is -2.01. The van der Waals surface area contributed by atoms with E-state index < -0.39 is 5.97 Å². The molecule has 0 aliphatic heterocycles. The van der Waals surface area contributed by atoms with Crippen molar-refractivity contribution in [3.05, 3.63) is 33.4 Å². The van der Waals surface area contributed by atoms with Crippen LogP contribution in [-0.4, -0.2) is 26.3 Å². The first-order valence-corrected chi connectivity index (χ1v) is 6.64. The van der Waals surface area contributed by atoms with Crippen LogP contribution in [0.4, 0.5) is 0 Å². The molecule has 0 radical (unpaired) electrons. The van der Waals surface area contributed by atoms with Gasteiger partial charge in [0, 0.05) is 6.20 Å². The number of hydrogen-bond acceptors (Lipinski definition) is 6. The molecule has 2 heterocycles. The molecule has 8 heteroatoms. The summed E-state index contributed by atoms with van der Waals surface area (Å²) in [5.74, 6) is -0.488. The number of aromatic carboxylic acids is 1. The van der Waals surface area contributed by atoms with Gasteiger partial charge in [-0.3, -0.25) is 0 Å². The van der Waals surface area contributed by atoms with Crippen molar-refractivity contribution in [2.45, 2.75) is 10.8 Å².